The molecule has 2 aromatic carbocycles. The van der Waals surface area contributed by atoms with Gasteiger partial charge in [-0.15, -0.1) is 0 Å². The van der Waals surface area contributed by atoms with Crippen molar-refractivity contribution < 1.29 is 4.74 Å². The quantitative estimate of drug-likeness (QED) is 0.738. The molecule has 4 heteroatoms. The Hall–Kier alpha value is -1.22. The fourth-order valence-electron chi connectivity index (χ4n) is 2.03. The van der Waals surface area contributed by atoms with Gasteiger partial charge in [-0.2, -0.15) is 0 Å². The molecule has 1 N–H and O–H groups in total. The van der Waals surface area contributed by atoms with Crippen LogP contribution in [0.4, 0.5) is 0 Å². The van der Waals surface area contributed by atoms with Crippen LogP contribution in [0.3, 0.4) is 0 Å². The van der Waals surface area contributed by atoms with E-state index < -0.39 is 0 Å². The molecule has 0 bridgehead atoms. The van der Waals surface area contributed by atoms with Gasteiger partial charge in [-0.25, -0.2) is 0 Å². The average molecular weight is 338 g/mol. The molecule has 0 spiro atoms. The summed E-state index contributed by atoms with van der Waals surface area (Å²) in [5.41, 5.74) is 2.05. The molecule has 0 radical (unpaired) electrons. The van der Waals surface area contributed by atoms with Crippen molar-refractivity contribution in [3.8, 4) is 5.75 Å². The Bertz CT molecular complexity index is 576. The van der Waals surface area contributed by atoms with E-state index in [4.69, 9.17) is 27.9 Å². The maximum Gasteiger partial charge on any atom is 0.119 e. The standard InChI is InChI=1S/C18H21Cl2NO/c1-13(2)10-21-11-14-6-8-15(9-7-14)22-12-16-17(19)4-3-5-18(16)20/h3-9,13,21H,10-12H2,1-2H3. The number of halogens is 2. The highest BCUT2D eigenvalue weighted by atomic mass is 35.5. The van der Waals surface area contributed by atoms with Crippen LogP contribution >= 0.6 is 23.2 Å². The molecule has 0 aliphatic carbocycles. The Morgan fingerprint density at radius 2 is 1.64 bits per heavy atom. The van der Waals surface area contributed by atoms with Crippen LogP contribution in [0.1, 0.15) is 25.0 Å². The molecule has 0 aromatic heterocycles. The number of rotatable bonds is 7. The average Bonchev–Trinajstić information content (AvgIpc) is 2.48. The van der Waals surface area contributed by atoms with E-state index in [2.05, 4.69) is 31.3 Å². The fourth-order valence-corrected chi connectivity index (χ4v) is 2.54. The van der Waals surface area contributed by atoms with Crippen LogP contribution in [0.5, 0.6) is 5.75 Å². The highest BCUT2D eigenvalue weighted by Crippen LogP contribution is 2.25. The molecule has 0 saturated heterocycles. The Kier molecular flexibility index (Phi) is 6.56. The van der Waals surface area contributed by atoms with Gasteiger partial charge in [0.25, 0.3) is 0 Å². The Balaban J connectivity index is 1.89. The third-order valence-electron chi connectivity index (χ3n) is 3.25. The lowest BCUT2D eigenvalue weighted by atomic mass is 10.2. The van der Waals surface area contributed by atoms with Crippen LogP contribution in [-0.4, -0.2) is 6.54 Å². The predicted molar refractivity (Wildman–Crippen MR) is 93.8 cm³/mol. The van der Waals surface area contributed by atoms with Crippen molar-refractivity contribution in [1.29, 1.82) is 0 Å². The first kappa shape index (κ1) is 17.1. The molecule has 0 saturated carbocycles. The largest absolute Gasteiger partial charge is 0.489 e. The minimum absolute atomic E-state index is 0.365. The molecule has 118 valence electrons. The molecule has 2 nitrogen and oxygen atoms in total. The summed E-state index contributed by atoms with van der Waals surface area (Å²) >= 11 is 12.3. The van der Waals surface area contributed by atoms with E-state index in [1.54, 1.807) is 0 Å². The molecular weight excluding hydrogens is 317 g/mol. The zero-order chi connectivity index (χ0) is 15.9. The molecule has 22 heavy (non-hydrogen) atoms. The van der Waals surface area contributed by atoms with Crippen LogP contribution in [-0.2, 0) is 13.2 Å². The van der Waals surface area contributed by atoms with Crippen molar-refractivity contribution in [2.24, 2.45) is 5.92 Å². The van der Waals surface area contributed by atoms with Crippen molar-refractivity contribution >= 4 is 23.2 Å². The molecule has 0 aliphatic rings. The van der Waals surface area contributed by atoms with Crippen molar-refractivity contribution in [2.75, 3.05) is 6.54 Å². The van der Waals surface area contributed by atoms with Gasteiger partial charge < -0.3 is 10.1 Å². The summed E-state index contributed by atoms with van der Waals surface area (Å²) in [6, 6.07) is 13.5. The van der Waals surface area contributed by atoms with Crippen molar-refractivity contribution in [3.05, 3.63) is 63.6 Å². The maximum atomic E-state index is 6.13. The van der Waals surface area contributed by atoms with Crippen LogP contribution in [0, 0.1) is 5.92 Å². The zero-order valence-corrected chi connectivity index (χ0v) is 14.4. The normalized spacial score (nSPS) is 11.0. The monoisotopic (exact) mass is 337 g/mol. The lowest BCUT2D eigenvalue weighted by Gasteiger charge is -2.11. The second-order valence-electron chi connectivity index (χ2n) is 5.66. The van der Waals surface area contributed by atoms with Gasteiger partial charge in [-0.3, -0.25) is 0 Å². The minimum atomic E-state index is 0.365. The van der Waals surface area contributed by atoms with Crippen LogP contribution in [0.25, 0.3) is 0 Å². The summed E-state index contributed by atoms with van der Waals surface area (Å²) in [6.07, 6.45) is 0. The van der Waals surface area contributed by atoms with Gasteiger partial charge in [-0.1, -0.05) is 55.2 Å². The van der Waals surface area contributed by atoms with E-state index in [0.29, 0.717) is 22.6 Å². The maximum absolute atomic E-state index is 6.13. The second kappa shape index (κ2) is 8.42. The molecule has 0 fully saturated rings. The first-order chi connectivity index (χ1) is 10.6. The highest BCUT2D eigenvalue weighted by molar-refractivity contribution is 6.35. The van der Waals surface area contributed by atoms with Crippen LogP contribution in [0.2, 0.25) is 10.0 Å². The van der Waals surface area contributed by atoms with E-state index >= 15 is 0 Å². The number of benzene rings is 2. The minimum Gasteiger partial charge on any atom is -0.489 e. The zero-order valence-electron chi connectivity index (χ0n) is 12.9. The molecule has 0 atom stereocenters. The van der Waals surface area contributed by atoms with Crippen molar-refractivity contribution in [1.82, 2.24) is 5.32 Å². The van der Waals surface area contributed by atoms with E-state index in [0.717, 1.165) is 24.4 Å². The van der Waals surface area contributed by atoms with E-state index in [1.165, 1.54) is 5.56 Å². The molecule has 2 aromatic rings. The molecule has 0 heterocycles. The number of nitrogens with one attached hydrogen (secondary N) is 1. The van der Waals surface area contributed by atoms with Gasteiger partial charge in [0.05, 0.1) is 0 Å². The summed E-state index contributed by atoms with van der Waals surface area (Å²) in [7, 11) is 0. The fraction of sp³-hybridized carbons (Fsp3) is 0.333. The number of hydrogen-bond donors (Lipinski definition) is 1. The number of hydrogen-bond acceptors (Lipinski definition) is 2. The van der Waals surface area contributed by atoms with Gasteiger partial charge >= 0.3 is 0 Å². The lowest BCUT2D eigenvalue weighted by Crippen LogP contribution is -2.18. The molecule has 0 unspecified atom stereocenters. The van der Waals surface area contributed by atoms with E-state index in [1.807, 2.05) is 30.3 Å². The number of ether oxygens (including phenoxy) is 1. The second-order valence-corrected chi connectivity index (χ2v) is 6.47. The first-order valence-electron chi connectivity index (χ1n) is 7.41. The van der Waals surface area contributed by atoms with Gasteiger partial charge in [-0.05, 0) is 42.3 Å². The van der Waals surface area contributed by atoms with Crippen LogP contribution in [0.15, 0.2) is 42.5 Å². The Morgan fingerprint density at radius 3 is 2.23 bits per heavy atom. The molecule has 0 amide bonds. The highest BCUT2D eigenvalue weighted by Gasteiger charge is 2.06. The molecule has 2 rings (SSSR count). The molecule has 0 aliphatic heterocycles. The van der Waals surface area contributed by atoms with E-state index in [-0.39, 0.29) is 0 Å². The van der Waals surface area contributed by atoms with Crippen molar-refractivity contribution in [3.63, 3.8) is 0 Å². The van der Waals surface area contributed by atoms with Gasteiger partial charge in [0, 0.05) is 22.2 Å². The Morgan fingerprint density at radius 1 is 1.00 bits per heavy atom. The summed E-state index contributed by atoms with van der Waals surface area (Å²) < 4.78 is 5.76. The van der Waals surface area contributed by atoms with Crippen LogP contribution < -0.4 is 10.1 Å². The molecular formula is C18H21Cl2NO. The van der Waals surface area contributed by atoms with E-state index in [9.17, 15) is 0 Å². The van der Waals surface area contributed by atoms with Gasteiger partial charge in [0.15, 0.2) is 0 Å². The van der Waals surface area contributed by atoms with Gasteiger partial charge in [0.2, 0.25) is 0 Å². The summed E-state index contributed by atoms with van der Waals surface area (Å²) in [4.78, 5) is 0. The predicted octanol–water partition coefficient (Wildman–Crippen LogP) is 5.32. The SMILES string of the molecule is CC(C)CNCc1ccc(OCc2c(Cl)cccc2Cl)cc1. The third kappa shape index (κ3) is 5.20. The summed E-state index contributed by atoms with van der Waals surface area (Å²) in [5, 5.41) is 4.67. The van der Waals surface area contributed by atoms with Gasteiger partial charge in [0.1, 0.15) is 12.4 Å². The lowest BCUT2D eigenvalue weighted by molar-refractivity contribution is 0.306. The summed E-state index contributed by atoms with van der Waals surface area (Å²) in [6.45, 7) is 6.65. The van der Waals surface area contributed by atoms with Crippen molar-refractivity contribution in [2.45, 2.75) is 27.0 Å². The first-order valence-corrected chi connectivity index (χ1v) is 8.17. The topological polar surface area (TPSA) is 21.3 Å². The Labute approximate surface area is 142 Å². The third-order valence-corrected chi connectivity index (χ3v) is 3.96. The smallest absolute Gasteiger partial charge is 0.119 e. The summed E-state index contributed by atoms with van der Waals surface area (Å²) in [5.74, 6) is 1.46.